The van der Waals surface area contributed by atoms with E-state index in [9.17, 15) is 9.59 Å². The highest BCUT2D eigenvalue weighted by Gasteiger charge is 2.42. The van der Waals surface area contributed by atoms with Crippen molar-refractivity contribution in [1.29, 1.82) is 0 Å². The van der Waals surface area contributed by atoms with E-state index in [4.69, 9.17) is 4.74 Å². The number of carbonyl (C=O) groups excluding carboxylic acids is 2. The molecule has 1 N–H and O–H groups in total. The minimum Gasteiger partial charge on any atom is -0.497 e. The normalized spacial score (nSPS) is 20.5. The van der Waals surface area contributed by atoms with E-state index in [1.54, 1.807) is 25.1 Å². The van der Waals surface area contributed by atoms with Crippen LogP contribution in [0.25, 0.3) is 0 Å². The molecule has 6 nitrogen and oxygen atoms in total. The van der Waals surface area contributed by atoms with Crippen molar-refractivity contribution in [3.05, 3.63) is 53.8 Å². The molecule has 3 amide bonds. The fourth-order valence-electron chi connectivity index (χ4n) is 2.97. The van der Waals surface area contributed by atoms with Crippen molar-refractivity contribution in [3.63, 3.8) is 0 Å². The van der Waals surface area contributed by atoms with Crippen LogP contribution in [0, 0.1) is 0 Å². The lowest BCUT2D eigenvalue weighted by Gasteiger charge is -2.31. The van der Waals surface area contributed by atoms with E-state index in [1.807, 2.05) is 24.3 Å². The molecule has 0 spiro atoms. The number of ether oxygens (including phenoxy) is 1. The van der Waals surface area contributed by atoms with Gasteiger partial charge in [0.15, 0.2) is 0 Å². The molecule has 120 valence electrons. The molecule has 2 aliphatic rings. The van der Waals surface area contributed by atoms with E-state index in [-0.39, 0.29) is 11.9 Å². The third kappa shape index (κ3) is 2.46. The molecule has 1 aromatic carbocycles. The molecule has 0 saturated heterocycles. The van der Waals surface area contributed by atoms with Gasteiger partial charge in [0.2, 0.25) is 0 Å². The Morgan fingerprint density at radius 1 is 1.35 bits per heavy atom. The zero-order valence-electron chi connectivity index (χ0n) is 13.2. The molecular formula is C17H19N3O3. The van der Waals surface area contributed by atoms with Gasteiger partial charge >= 0.3 is 6.03 Å². The number of benzene rings is 1. The summed E-state index contributed by atoms with van der Waals surface area (Å²) in [5.74, 6) is 0.667. The highest BCUT2D eigenvalue weighted by Crippen LogP contribution is 2.35. The molecule has 1 atom stereocenters. The molecule has 2 heterocycles. The summed E-state index contributed by atoms with van der Waals surface area (Å²) >= 11 is 0. The van der Waals surface area contributed by atoms with Gasteiger partial charge in [0.05, 0.1) is 31.0 Å². The number of nitrogens with one attached hydrogen (secondary N) is 1. The van der Waals surface area contributed by atoms with Crippen LogP contribution in [0.4, 0.5) is 4.79 Å². The van der Waals surface area contributed by atoms with E-state index < -0.39 is 6.04 Å². The SMILES string of the molecule is C=CCN1CC2=C(C1=O)C(c1ccc(OC)cc1)NC(=O)N2C. The summed E-state index contributed by atoms with van der Waals surface area (Å²) < 4.78 is 5.16. The van der Waals surface area contributed by atoms with E-state index in [0.29, 0.717) is 18.7 Å². The van der Waals surface area contributed by atoms with Crippen molar-refractivity contribution >= 4 is 11.9 Å². The van der Waals surface area contributed by atoms with Crippen LogP contribution in [-0.2, 0) is 4.79 Å². The van der Waals surface area contributed by atoms with E-state index in [2.05, 4.69) is 11.9 Å². The van der Waals surface area contributed by atoms with Crippen molar-refractivity contribution in [2.45, 2.75) is 6.04 Å². The van der Waals surface area contributed by atoms with Crippen molar-refractivity contribution in [2.75, 3.05) is 27.2 Å². The molecule has 3 rings (SSSR count). The number of hydrogen-bond donors (Lipinski definition) is 1. The average Bonchev–Trinajstić information content (AvgIpc) is 2.89. The molecule has 0 aliphatic carbocycles. The maximum atomic E-state index is 12.7. The summed E-state index contributed by atoms with van der Waals surface area (Å²) in [6, 6.07) is 6.72. The second-order valence-electron chi connectivity index (χ2n) is 5.55. The molecule has 23 heavy (non-hydrogen) atoms. The van der Waals surface area contributed by atoms with Crippen molar-refractivity contribution < 1.29 is 14.3 Å². The third-order valence-electron chi connectivity index (χ3n) is 4.23. The summed E-state index contributed by atoms with van der Waals surface area (Å²) in [6.45, 7) is 4.57. The molecule has 2 aliphatic heterocycles. The van der Waals surface area contributed by atoms with Gasteiger partial charge in [-0.2, -0.15) is 0 Å². The first-order chi connectivity index (χ1) is 11.1. The topological polar surface area (TPSA) is 61.9 Å². The molecule has 0 fully saturated rings. The van der Waals surface area contributed by atoms with Gasteiger partial charge in [0.25, 0.3) is 5.91 Å². The molecule has 0 radical (unpaired) electrons. The van der Waals surface area contributed by atoms with Crippen molar-refractivity contribution in [2.24, 2.45) is 0 Å². The summed E-state index contributed by atoms with van der Waals surface area (Å²) in [4.78, 5) is 28.1. The summed E-state index contributed by atoms with van der Waals surface area (Å²) in [5, 5.41) is 2.90. The number of rotatable bonds is 4. The van der Waals surface area contributed by atoms with Gasteiger partial charge in [-0.05, 0) is 17.7 Å². The lowest BCUT2D eigenvalue weighted by atomic mass is 9.95. The molecule has 0 bridgehead atoms. The molecule has 0 saturated carbocycles. The monoisotopic (exact) mass is 313 g/mol. The van der Waals surface area contributed by atoms with Crippen LogP contribution in [0.5, 0.6) is 5.75 Å². The lowest BCUT2D eigenvalue weighted by molar-refractivity contribution is -0.125. The fraction of sp³-hybridized carbons (Fsp3) is 0.294. The maximum absolute atomic E-state index is 12.7. The fourth-order valence-corrected chi connectivity index (χ4v) is 2.97. The predicted molar refractivity (Wildman–Crippen MR) is 85.8 cm³/mol. The Labute approximate surface area is 135 Å². The lowest BCUT2D eigenvalue weighted by Crippen LogP contribution is -2.45. The van der Waals surface area contributed by atoms with Crippen LogP contribution in [-0.4, -0.2) is 49.0 Å². The zero-order chi connectivity index (χ0) is 16.6. The number of nitrogens with zero attached hydrogens (tertiary/aromatic N) is 2. The number of amides is 3. The number of methoxy groups -OCH3 is 1. The average molecular weight is 313 g/mol. The quantitative estimate of drug-likeness (QED) is 0.860. The Kier molecular flexibility index (Phi) is 3.82. The first kappa shape index (κ1) is 15.1. The highest BCUT2D eigenvalue weighted by molar-refractivity contribution is 6.01. The predicted octanol–water partition coefficient (Wildman–Crippen LogP) is 1.67. The second kappa shape index (κ2) is 5.79. The van der Waals surface area contributed by atoms with Gasteiger partial charge in [-0.25, -0.2) is 4.79 Å². The van der Waals surface area contributed by atoms with Gasteiger partial charge in [0, 0.05) is 13.6 Å². The van der Waals surface area contributed by atoms with Crippen LogP contribution in [0.1, 0.15) is 11.6 Å². The van der Waals surface area contributed by atoms with Gasteiger partial charge in [-0.15, -0.1) is 6.58 Å². The summed E-state index contributed by atoms with van der Waals surface area (Å²) in [7, 11) is 3.28. The van der Waals surface area contributed by atoms with Crippen LogP contribution < -0.4 is 10.1 Å². The van der Waals surface area contributed by atoms with Crippen molar-refractivity contribution in [3.8, 4) is 5.75 Å². The number of urea groups is 1. The standard InChI is InChI=1S/C17H19N3O3/c1-4-9-20-10-13-14(16(20)21)15(18-17(22)19(13)2)11-5-7-12(23-3)8-6-11/h4-8,15H,1,9-10H2,2-3H3,(H,18,22). The van der Waals surface area contributed by atoms with Crippen LogP contribution in [0.15, 0.2) is 48.2 Å². The second-order valence-corrected chi connectivity index (χ2v) is 5.55. The first-order valence-corrected chi connectivity index (χ1v) is 7.38. The minimum absolute atomic E-state index is 0.0624. The van der Waals surface area contributed by atoms with Gasteiger partial charge in [-0.1, -0.05) is 18.2 Å². The third-order valence-corrected chi connectivity index (χ3v) is 4.23. The van der Waals surface area contributed by atoms with Gasteiger partial charge in [0.1, 0.15) is 5.75 Å². The molecule has 1 aromatic rings. The van der Waals surface area contributed by atoms with Crippen LogP contribution in [0.2, 0.25) is 0 Å². The van der Waals surface area contributed by atoms with Gasteiger partial charge in [-0.3, -0.25) is 9.69 Å². The van der Waals surface area contributed by atoms with Crippen LogP contribution in [0.3, 0.4) is 0 Å². The largest absolute Gasteiger partial charge is 0.497 e. The Bertz CT molecular complexity index is 694. The van der Waals surface area contributed by atoms with E-state index in [0.717, 1.165) is 17.0 Å². The smallest absolute Gasteiger partial charge is 0.322 e. The molecular weight excluding hydrogens is 294 g/mol. The Morgan fingerprint density at radius 3 is 2.65 bits per heavy atom. The highest BCUT2D eigenvalue weighted by atomic mass is 16.5. The summed E-state index contributed by atoms with van der Waals surface area (Å²) in [5.41, 5.74) is 2.23. The maximum Gasteiger partial charge on any atom is 0.322 e. The van der Waals surface area contributed by atoms with Crippen LogP contribution >= 0.6 is 0 Å². The zero-order valence-corrected chi connectivity index (χ0v) is 13.2. The number of hydrogen-bond acceptors (Lipinski definition) is 3. The first-order valence-electron chi connectivity index (χ1n) is 7.38. The molecule has 0 aromatic heterocycles. The molecule has 1 unspecified atom stereocenters. The van der Waals surface area contributed by atoms with E-state index >= 15 is 0 Å². The Hall–Kier alpha value is -2.76. The number of likely N-dealkylation sites (N-methyl/N-ethyl adjacent to an activating group) is 1. The summed E-state index contributed by atoms with van der Waals surface area (Å²) in [6.07, 6.45) is 1.69. The van der Waals surface area contributed by atoms with E-state index in [1.165, 1.54) is 4.90 Å². The van der Waals surface area contributed by atoms with Crippen molar-refractivity contribution in [1.82, 2.24) is 15.1 Å². The molecule has 6 heteroatoms. The Morgan fingerprint density at radius 2 is 2.04 bits per heavy atom. The minimum atomic E-state index is -0.443. The number of carbonyl (C=O) groups is 2. The van der Waals surface area contributed by atoms with Gasteiger partial charge < -0.3 is 15.0 Å². The Balaban J connectivity index is 2.00.